The third kappa shape index (κ3) is 2.45. The van der Waals surface area contributed by atoms with Crippen LogP contribution in [0.1, 0.15) is 37.3 Å². The quantitative estimate of drug-likeness (QED) is 0.666. The first-order valence-electron chi connectivity index (χ1n) is 6.16. The van der Waals surface area contributed by atoms with Crippen molar-refractivity contribution in [3.8, 4) is 0 Å². The molecule has 0 amide bonds. The Labute approximate surface area is 106 Å². The van der Waals surface area contributed by atoms with Gasteiger partial charge in [-0.2, -0.15) is 13.2 Å². The Morgan fingerprint density at radius 3 is 2.67 bits per heavy atom. The lowest BCUT2D eigenvalue weighted by atomic mass is 9.68. The van der Waals surface area contributed by atoms with Gasteiger partial charge in [-0.1, -0.05) is 37.8 Å². The molecule has 0 fully saturated rings. The number of aryl methyl sites for hydroxylation is 1. The van der Waals surface area contributed by atoms with Crippen LogP contribution in [0.3, 0.4) is 0 Å². The minimum atomic E-state index is -4.28. The summed E-state index contributed by atoms with van der Waals surface area (Å²) in [6.45, 7) is 5.13. The summed E-state index contributed by atoms with van der Waals surface area (Å²) in [6.07, 6.45) is -1.59. The number of halogens is 3. The van der Waals surface area contributed by atoms with E-state index in [4.69, 9.17) is 0 Å². The van der Waals surface area contributed by atoms with E-state index < -0.39 is 17.2 Å². The highest BCUT2D eigenvalue weighted by molar-refractivity contribution is 5.37. The van der Waals surface area contributed by atoms with E-state index in [1.54, 1.807) is 0 Å². The molecule has 1 aliphatic carbocycles. The molecule has 0 aliphatic heterocycles. The molecule has 0 heterocycles. The summed E-state index contributed by atoms with van der Waals surface area (Å²) in [6, 6.07) is 7.82. The molecule has 0 spiro atoms. The number of alkyl halides is 3. The Bertz CT molecular complexity index is 459. The first-order valence-corrected chi connectivity index (χ1v) is 6.16. The van der Waals surface area contributed by atoms with Gasteiger partial charge in [0.25, 0.3) is 0 Å². The van der Waals surface area contributed by atoms with Crippen LogP contribution in [-0.2, 0) is 11.8 Å². The summed E-state index contributed by atoms with van der Waals surface area (Å²) in [5.41, 5.74) is 1.19. The standard InChI is InChI=1S/C15H17F3/c1-11(15(16,17)18)10-14(2)9-5-7-12-6-3-4-8-13(12)14/h3-4,6,8H,1,5,7,9-10H2,2H3/t14-/m0/s1. The maximum absolute atomic E-state index is 12.7. The van der Waals surface area contributed by atoms with Gasteiger partial charge in [0.1, 0.15) is 0 Å². The van der Waals surface area contributed by atoms with Gasteiger partial charge in [-0.3, -0.25) is 0 Å². The summed E-state index contributed by atoms with van der Waals surface area (Å²) in [4.78, 5) is 0. The smallest absolute Gasteiger partial charge is 0.167 e. The Balaban J connectivity index is 2.30. The summed E-state index contributed by atoms with van der Waals surface area (Å²) in [7, 11) is 0. The Morgan fingerprint density at radius 2 is 2.00 bits per heavy atom. The lowest BCUT2D eigenvalue weighted by Gasteiger charge is -2.37. The molecule has 18 heavy (non-hydrogen) atoms. The molecule has 1 atom stereocenters. The largest absolute Gasteiger partial charge is 0.412 e. The molecule has 0 saturated carbocycles. The topological polar surface area (TPSA) is 0 Å². The van der Waals surface area contributed by atoms with E-state index >= 15 is 0 Å². The van der Waals surface area contributed by atoms with Crippen LogP contribution in [0.15, 0.2) is 36.4 Å². The summed E-state index contributed by atoms with van der Waals surface area (Å²) < 4.78 is 38.0. The van der Waals surface area contributed by atoms with Crippen molar-refractivity contribution < 1.29 is 13.2 Å². The number of hydrogen-bond donors (Lipinski definition) is 0. The SMILES string of the molecule is C=C(C[C@]1(C)CCCc2ccccc21)C(F)(F)F. The van der Waals surface area contributed by atoms with Crippen molar-refractivity contribution in [2.45, 2.75) is 44.2 Å². The third-order valence-electron chi connectivity index (χ3n) is 3.85. The second-order valence-electron chi connectivity index (χ2n) is 5.35. The molecular weight excluding hydrogens is 237 g/mol. The number of allylic oxidation sites excluding steroid dienone is 1. The molecule has 0 nitrogen and oxygen atoms in total. The summed E-state index contributed by atoms with van der Waals surface area (Å²) >= 11 is 0. The molecule has 2 rings (SSSR count). The minimum absolute atomic E-state index is 0.00644. The van der Waals surface area contributed by atoms with Crippen LogP contribution in [0.4, 0.5) is 13.2 Å². The number of fused-ring (bicyclic) bond motifs is 1. The molecule has 0 bridgehead atoms. The lowest BCUT2D eigenvalue weighted by Crippen LogP contribution is -2.30. The van der Waals surface area contributed by atoms with E-state index in [0.717, 1.165) is 24.8 Å². The molecule has 98 valence electrons. The fraction of sp³-hybridized carbons (Fsp3) is 0.467. The van der Waals surface area contributed by atoms with Crippen LogP contribution in [0, 0.1) is 0 Å². The molecule has 1 aliphatic rings. The van der Waals surface area contributed by atoms with Gasteiger partial charge < -0.3 is 0 Å². The maximum Gasteiger partial charge on any atom is 0.412 e. The summed E-state index contributed by atoms with van der Waals surface area (Å²) in [5.74, 6) is 0. The second-order valence-corrected chi connectivity index (χ2v) is 5.35. The third-order valence-corrected chi connectivity index (χ3v) is 3.85. The van der Waals surface area contributed by atoms with Crippen molar-refractivity contribution in [1.82, 2.24) is 0 Å². The van der Waals surface area contributed by atoms with Crippen LogP contribution in [-0.4, -0.2) is 6.18 Å². The van der Waals surface area contributed by atoms with Crippen molar-refractivity contribution >= 4 is 0 Å². The Kier molecular flexibility index (Phi) is 3.26. The van der Waals surface area contributed by atoms with Gasteiger partial charge >= 0.3 is 6.18 Å². The normalized spacial score (nSPS) is 23.6. The number of rotatable bonds is 2. The zero-order valence-electron chi connectivity index (χ0n) is 10.5. The number of hydrogen-bond acceptors (Lipinski definition) is 0. The molecule has 0 aromatic heterocycles. The van der Waals surface area contributed by atoms with Gasteiger partial charge in [-0.05, 0) is 42.2 Å². The van der Waals surface area contributed by atoms with Gasteiger partial charge in [-0.15, -0.1) is 0 Å². The average molecular weight is 254 g/mol. The van der Waals surface area contributed by atoms with E-state index in [2.05, 4.69) is 6.58 Å². The van der Waals surface area contributed by atoms with Gasteiger partial charge in [0.05, 0.1) is 0 Å². The van der Waals surface area contributed by atoms with Gasteiger partial charge in [0.2, 0.25) is 0 Å². The number of benzene rings is 1. The Hall–Kier alpha value is -1.25. The van der Waals surface area contributed by atoms with Crippen LogP contribution in [0.25, 0.3) is 0 Å². The molecule has 0 radical (unpaired) electrons. The molecule has 1 aromatic rings. The maximum atomic E-state index is 12.7. The van der Waals surface area contributed by atoms with Crippen LogP contribution in [0.5, 0.6) is 0 Å². The van der Waals surface area contributed by atoms with E-state index in [0.29, 0.717) is 0 Å². The van der Waals surface area contributed by atoms with Crippen LogP contribution < -0.4 is 0 Å². The molecule has 3 heteroatoms. The van der Waals surface area contributed by atoms with Gasteiger partial charge in [-0.25, -0.2) is 0 Å². The van der Waals surface area contributed by atoms with E-state index in [1.165, 1.54) is 5.56 Å². The van der Waals surface area contributed by atoms with Crippen LogP contribution >= 0.6 is 0 Å². The minimum Gasteiger partial charge on any atom is -0.167 e. The van der Waals surface area contributed by atoms with Crippen molar-refractivity contribution in [1.29, 1.82) is 0 Å². The van der Waals surface area contributed by atoms with Gasteiger partial charge in [0.15, 0.2) is 0 Å². The average Bonchev–Trinajstić information content (AvgIpc) is 2.28. The first kappa shape index (κ1) is 13.2. The predicted molar refractivity (Wildman–Crippen MR) is 66.5 cm³/mol. The first-order chi connectivity index (χ1) is 8.33. The fourth-order valence-corrected chi connectivity index (χ4v) is 2.89. The van der Waals surface area contributed by atoms with E-state index in [1.807, 2.05) is 31.2 Å². The van der Waals surface area contributed by atoms with E-state index in [-0.39, 0.29) is 6.42 Å². The van der Waals surface area contributed by atoms with Gasteiger partial charge in [0, 0.05) is 5.57 Å². The molecule has 1 aromatic carbocycles. The molecule has 0 unspecified atom stereocenters. The van der Waals surface area contributed by atoms with Crippen molar-refractivity contribution in [3.63, 3.8) is 0 Å². The zero-order chi connectivity index (χ0) is 13.4. The highest BCUT2D eigenvalue weighted by atomic mass is 19.4. The fourth-order valence-electron chi connectivity index (χ4n) is 2.89. The zero-order valence-corrected chi connectivity index (χ0v) is 10.5. The van der Waals surface area contributed by atoms with Crippen molar-refractivity contribution in [2.75, 3.05) is 0 Å². The second kappa shape index (κ2) is 4.45. The van der Waals surface area contributed by atoms with Crippen LogP contribution in [0.2, 0.25) is 0 Å². The lowest BCUT2D eigenvalue weighted by molar-refractivity contribution is -0.0955. The molecule has 0 saturated heterocycles. The monoisotopic (exact) mass is 254 g/mol. The molecular formula is C15H17F3. The predicted octanol–water partition coefficient (Wildman–Crippen LogP) is 4.79. The summed E-state index contributed by atoms with van der Waals surface area (Å²) in [5, 5.41) is 0. The van der Waals surface area contributed by atoms with Crippen molar-refractivity contribution in [2.24, 2.45) is 0 Å². The van der Waals surface area contributed by atoms with Crippen molar-refractivity contribution in [3.05, 3.63) is 47.5 Å². The van der Waals surface area contributed by atoms with E-state index in [9.17, 15) is 13.2 Å². The Morgan fingerprint density at radius 1 is 1.33 bits per heavy atom. The molecule has 0 N–H and O–H groups in total. The highest BCUT2D eigenvalue weighted by Gasteiger charge is 2.39. The highest BCUT2D eigenvalue weighted by Crippen LogP contribution is 2.43.